The largest absolute Gasteiger partial charge is 0.497 e. The Bertz CT molecular complexity index is 1250. The highest BCUT2D eigenvalue weighted by atomic mass is 16.5. The fraction of sp³-hybridized carbons (Fsp3) is 0.154. The molecule has 0 aromatic heterocycles. The molecule has 0 saturated carbocycles. The SMILES string of the molecule is COc1cc(OC)c2c(c1)-c1ccccc1NC2c1c(OC)ccc2ccccc12. The summed E-state index contributed by atoms with van der Waals surface area (Å²) in [4.78, 5) is 0. The Balaban J connectivity index is 1.86. The van der Waals surface area contributed by atoms with Gasteiger partial charge in [0.15, 0.2) is 0 Å². The summed E-state index contributed by atoms with van der Waals surface area (Å²) in [6.45, 7) is 0. The normalized spacial score (nSPS) is 14.4. The van der Waals surface area contributed by atoms with Crippen molar-refractivity contribution in [1.29, 1.82) is 0 Å². The number of benzene rings is 4. The van der Waals surface area contributed by atoms with E-state index in [1.165, 1.54) is 5.39 Å². The predicted molar refractivity (Wildman–Crippen MR) is 121 cm³/mol. The van der Waals surface area contributed by atoms with Gasteiger partial charge >= 0.3 is 0 Å². The quantitative estimate of drug-likeness (QED) is 0.455. The van der Waals surface area contributed by atoms with E-state index in [-0.39, 0.29) is 6.04 Å². The highest BCUT2D eigenvalue weighted by Gasteiger charge is 2.32. The second kappa shape index (κ2) is 7.30. The maximum atomic E-state index is 5.85. The lowest BCUT2D eigenvalue weighted by atomic mass is 9.83. The Morgan fingerprint density at radius 2 is 1.43 bits per heavy atom. The van der Waals surface area contributed by atoms with Crippen LogP contribution in [0.3, 0.4) is 0 Å². The summed E-state index contributed by atoms with van der Waals surface area (Å²) in [7, 11) is 5.10. The number of anilines is 1. The van der Waals surface area contributed by atoms with Gasteiger partial charge < -0.3 is 19.5 Å². The maximum Gasteiger partial charge on any atom is 0.128 e. The minimum Gasteiger partial charge on any atom is -0.497 e. The van der Waals surface area contributed by atoms with E-state index in [0.29, 0.717) is 0 Å². The standard InChI is InChI=1S/C26H23NO3/c1-28-17-14-20-19-10-6-7-11-21(19)27-26(25(20)23(15-17)30-3)24-18-9-5-4-8-16(18)12-13-22(24)29-2/h4-15,26-27H,1-3H3. The number of para-hydroxylation sites is 1. The number of nitrogens with one attached hydrogen (secondary N) is 1. The molecule has 4 heteroatoms. The molecule has 0 fully saturated rings. The van der Waals surface area contributed by atoms with Crippen LogP contribution in [0.5, 0.6) is 17.2 Å². The Hall–Kier alpha value is -3.66. The minimum atomic E-state index is -0.142. The van der Waals surface area contributed by atoms with Gasteiger partial charge in [0, 0.05) is 28.4 Å². The summed E-state index contributed by atoms with van der Waals surface area (Å²) in [5, 5.41) is 6.07. The summed E-state index contributed by atoms with van der Waals surface area (Å²) < 4.78 is 17.2. The van der Waals surface area contributed by atoms with Crippen molar-refractivity contribution < 1.29 is 14.2 Å². The van der Waals surface area contributed by atoms with E-state index in [0.717, 1.165) is 50.6 Å². The molecule has 30 heavy (non-hydrogen) atoms. The topological polar surface area (TPSA) is 39.7 Å². The molecule has 0 radical (unpaired) electrons. The molecule has 1 N–H and O–H groups in total. The summed E-state index contributed by atoms with van der Waals surface area (Å²) >= 11 is 0. The number of hydrogen-bond acceptors (Lipinski definition) is 4. The number of ether oxygens (including phenoxy) is 3. The smallest absolute Gasteiger partial charge is 0.128 e. The molecule has 1 aliphatic rings. The molecule has 4 nitrogen and oxygen atoms in total. The molecule has 0 aliphatic carbocycles. The Labute approximate surface area is 176 Å². The highest BCUT2D eigenvalue weighted by Crippen LogP contribution is 2.51. The van der Waals surface area contributed by atoms with Gasteiger partial charge in [0.2, 0.25) is 0 Å². The van der Waals surface area contributed by atoms with Gasteiger partial charge in [-0.2, -0.15) is 0 Å². The average Bonchev–Trinajstić information content (AvgIpc) is 2.81. The summed E-state index contributed by atoms with van der Waals surface area (Å²) in [5.74, 6) is 2.40. The Morgan fingerprint density at radius 1 is 0.667 bits per heavy atom. The van der Waals surface area contributed by atoms with Crippen molar-refractivity contribution in [2.75, 3.05) is 26.6 Å². The molecule has 1 atom stereocenters. The Kier molecular flexibility index (Phi) is 4.47. The number of rotatable bonds is 4. The molecule has 0 amide bonds. The highest BCUT2D eigenvalue weighted by molar-refractivity contribution is 5.93. The van der Waals surface area contributed by atoms with Crippen LogP contribution >= 0.6 is 0 Å². The van der Waals surface area contributed by atoms with E-state index in [4.69, 9.17) is 14.2 Å². The van der Waals surface area contributed by atoms with E-state index in [2.05, 4.69) is 59.9 Å². The van der Waals surface area contributed by atoms with Crippen LogP contribution in [-0.4, -0.2) is 21.3 Å². The van der Waals surface area contributed by atoms with Gasteiger partial charge in [-0.15, -0.1) is 0 Å². The van der Waals surface area contributed by atoms with E-state index in [9.17, 15) is 0 Å². The first-order valence-electron chi connectivity index (χ1n) is 9.92. The first-order valence-corrected chi connectivity index (χ1v) is 9.92. The van der Waals surface area contributed by atoms with Gasteiger partial charge in [-0.1, -0.05) is 48.5 Å². The zero-order valence-corrected chi connectivity index (χ0v) is 17.2. The third kappa shape index (κ3) is 2.76. The molecular weight excluding hydrogens is 374 g/mol. The lowest BCUT2D eigenvalue weighted by Gasteiger charge is -2.33. The number of fused-ring (bicyclic) bond motifs is 4. The van der Waals surface area contributed by atoms with Crippen LogP contribution < -0.4 is 19.5 Å². The maximum absolute atomic E-state index is 5.85. The fourth-order valence-corrected chi connectivity index (χ4v) is 4.45. The van der Waals surface area contributed by atoms with Gasteiger partial charge in [-0.25, -0.2) is 0 Å². The van der Waals surface area contributed by atoms with Crippen molar-refractivity contribution in [2.24, 2.45) is 0 Å². The molecule has 1 unspecified atom stereocenters. The van der Waals surface area contributed by atoms with Gasteiger partial charge in [-0.3, -0.25) is 0 Å². The lowest BCUT2D eigenvalue weighted by molar-refractivity contribution is 0.389. The van der Waals surface area contributed by atoms with Crippen LogP contribution in [0.25, 0.3) is 21.9 Å². The van der Waals surface area contributed by atoms with Crippen molar-refractivity contribution >= 4 is 16.5 Å². The van der Waals surface area contributed by atoms with Crippen molar-refractivity contribution in [2.45, 2.75) is 6.04 Å². The molecule has 4 aromatic rings. The van der Waals surface area contributed by atoms with Crippen LogP contribution in [0.2, 0.25) is 0 Å². The van der Waals surface area contributed by atoms with E-state index < -0.39 is 0 Å². The van der Waals surface area contributed by atoms with Crippen LogP contribution in [0.15, 0.2) is 72.8 Å². The first kappa shape index (κ1) is 18.4. The van der Waals surface area contributed by atoms with Crippen LogP contribution in [0.4, 0.5) is 5.69 Å². The molecule has 4 aromatic carbocycles. The molecule has 150 valence electrons. The van der Waals surface area contributed by atoms with Crippen molar-refractivity contribution in [3.05, 3.63) is 83.9 Å². The average molecular weight is 397 g/mol. The lowest BCUT2D eigenvalue weighted by Crippen LogP contribution is -2.20. The molecule has 0 spiro atoms. The Morgan fingerprint density at radius 3 is 2.23 bits per heavy atom. The fourth-order valence-electron chi connectivity index (χ4n) is 4.45. The van der Waals surface area contributed by atoms with Crippen molar-refractivity contribution in [3.63, 3.8) is 0 Å². The molecular formula is C26H23NO3. The van der Waals surface area contributed by atoms with Crippen molar-refractivity contribution in [3.8, 4) is 28.4 Å². The summed E-state index contributed by atoms with van der Waals surface area (Å²) in [6, 6.07) is 24.7. The van der Waals surface area contributed by atoms with Crippen LogP contribution in [-0.2, 0) is 0 Å². The number of methoxy groups -OCH3 is 3. The second-order valence-electron chi connectivity index (χ2n) is 7.32. The van der Waals surface area contributed by atoms with Crippen molar-refractivity contribution in [1.82, 2.24) is 0 Å². The summed E-state index contributed by atoms with van der Waals surface area (Å²) in [5.41, 5.74) is 5.46. The minimum absolute atomic E-state index is 0.142. The van der Waals surface area contributed by atoms with Gasteiger partial charge in [0.05, 0.1) is 27.4 Å². The van der Waals surface area contributed by atoms with Crippen LogP contribution in [0, 0.1) is 0 Å². The zero-order valence-electron chi connectivity index (χ0n) is 17.2. The molecule has 0 saturated heterocycles. The van der Waals surface area contributed by atoms with Crippen LogP contribution in [0.1, 0.15) is 17.2 Å². The third-order valence-electron chi connectivity index (χ3n) is 5.82. The molecule has 1 aliphatic heterocycles. The molecule has 1 heterocycles. The molecule has 5 rings (SSSR count). The van der Waals surface area contributed by atoms with E-state index in [1.807, 2.05) is 18.2 Å². The predicted octanol–water partition coefficient (Wildman–Crippen LogP) is 6.05. The van der Waals surface area contributed by atoms with Gasteiger partial charge in [-0.05, 0) is 34.5 Å². The third-order valence-corrected chi connectivity index (χ3v) is 5.82. The summed E-state index contributed by atoms with van der Waals surface area (Å²) in [6.07, 6.45) is 0. The second-order valence-corrected chi connectivity index (χ2v) is 7.32. The monoisotopic (exact) mass is 397 g/mol. The first-order chi connectivity index (χ1) is 14.7. The van der Waals surface area contributed by atoms with Gasteiger partial charge in [0.1, 0.15) is 17.2 Å². The number of hydrogen-bond donors (Lipinski definition) is 1. The van der Waals surface area contributed by atoms with E-state index in [1.54, 1.807) is 21.3 Å². The van der Waals surface area contributed by atoms with Gasteiger partial charge in [0.25, 0.3) is 0 Å². The van der Waals surface area contributed by atoms with E-state index >= 15 is 0 Å². The zero-order chi connectivity index (χ0) is 20.7. The molecule has 0 bridgehead atoms.